The van der Waals surface area contributed by atoms with E-state index in [2.05, 4.69) is 15.5 Å². The summed E-state index contributed by atoms with van der Waals surface area (Å²) in [6.07, 6.45) is 0.419. The van der Waals surface area contributed by atoms with E-state index in [0.717, 1.165) is 12.3 Å². The standard InChI is InChI=1S/C52H68N6O15/c1-28-20-34-44(38(60)26-36(47(34)63)56-50(64)29(2)10-12-37(59)48(73-51(54)65)31(4)22-30(3)45(61)41(21-28)68-6)55-14-15-57-16-18-58(19-17-57)52(66)72-40-23-32(11-13-39(40)67-5)35(27-53)46(62)33-24-42(69-7)49(71-9)43(25-33)70-8/h10-13,22-30,37,41,45,48,53,55,59,61-62H,14-21H2,1-9H3,(H2,54,65)(H,56,64)/b12-10-,31-22+,46-35+,53-27?/t28-,29?,30+,37?,41?,45?,48?/m1/s1. The number of hydrogen-bond donors (Lipinski definition) is 7. The van der Waals surface area contributed by atoms with Crippen LogP contribution >= 0.6 is 0 Å². The summed E-state index contributed by atoms with van der Waals surface area (Å²) < 4.78 is 38.5. The van der Waals surface area contributed by atoms with E-state index in [9.17, 15) is 39.3 Å². The number of nitrogens with one attached hydrogen (secondary N) is 3. The van der Waals surface area contributed by atoms with Crippen molar-refractivity contribution in [1.29, 1.82) is 5.41 Å². The summed E-state index contributed by atoms with van der Waals surface area (Å²) in [6, 6.07) is 7.74. The SMILES string of the molecule is COc1ccc(/C(C=N)=C(/O)c2cc(OC)c(OC)c(OC)c2)cc1OC(=O)N1CCN(CCNC2=C3C[C@@H](C)CC(OC)C(O)[C@@H](C)/C=C(\C)C(OC(N)=O)C(O)/C=C\C(C)C(=O)NC(=CC2=O)C3=O)CC1. The van der Waals surface area contributed by atoms with Crippen LogP contribution in [0.4, 0.5) is 9.59 Å². The number of carbonyl (C=O) groups excluding carboxylic acids is 5. The van der Waals surface area contributed by atoms with E-state index in [4.69, 9.17) is 44.3 Å². The summed E-state index contributed by atoms with van der Waals surface area (Å²) in [4.78, 5) is 70.4. The number of allylic oxidation sites excluding steroid dienone is 3. The first-order valence-electron chi connectivity index (χ1n) is 23.7. The van der Waals surface area contributed by atoms with Crippen LogP contribution in [0.5, 0.6) is 28.7 Å². The number of nitrogens with zero attached hydrogens (tertiary/aromatic N) is 2. The fourth-order valence-corrected chi connectivity index (χ4v) is 8.84. The van der Waals surface area contributed by atoms with Crippen molar-refractivity contribution in [3.05, 3.63) is 88.3 Å². The number of benzene rings is 2. The molecule has 8 N–H and O–H groups in total. The van der Waals surface area contributed by atoms with Crippen LogP contribution in [0.2, 0.25) is 0 Å². The molecular formula is C52H68N6O15. The molecule has 3 amide bonds. The number of hydrogen-bond acceptors (Lipinski definition) is 18. The molecule has 73 heavy (non-hydrogen) atoms. The van der Waals surface area contributed by atoms with Crippen molar-refractivity contribution in [1.82, 2.24) is 20.4 Å². The van der Waals surface area contributed by atoms with Gasteiger partial charge in [-0.25, -0.2) is 9.59 Å². The number of aliphatic hydroxyl groups excluding tert-OH is 3. The minimum atomic E-state index is -1.43. The van der Waals surface area contributed by atoms with Crippen LogP contribution in [0.25, 0.3) is 11.3 Å². The Kier molecular flexibility index (Phi) is 20.2. The van der Waals surface area contributed by atoms with Gasteiger partial charge in [0.05, 0.1) is 58.0 Å². The van der Waals surface area contributed by atoms with Crippen molar-refractivity contribution < 1.29 is 72.5 Å². The first-order valence-corrected chi connectivity index (χ1v) is 23.7. The average molecular weight is 1020 g/mol. The first-order chi connectivity index (χ1) is 34.8. The Morgan fingerprint density at radius 2 is 1.53 bits per heavy atom. The van der Waals surface area contributed by atoms with E-state index in [1.807, 2.05) is 6.92 Å². The van der Waals surface area contributed by atoms with Crippen LogP contribution in [0, 0.1) is 23.2 Å². The first kappa shape index (κ1) is 56.7. The van der Waals surface area contributed by atoms with Crippen molar-refractivity contribution >= 4 is 47.2 Å². The van der Waals surface area contributed by atoms with Gasteiger partial charge in [-0.2, -0.15) is 0 Å². The summed E-state index contributed by atoms with van der Waals surface area (Å²) >= 11 is 0. The highest BCUT2D eigenvalue weighted by atomic mass is 16.6. The van der Waals surface area contributed by atoms with Crippen LogP contribution in [-0.2, 0) is 23.9 Å². The summed E-state index contributed by atoms with van der Waals surface area (Å²) in [5.74, 6) is -2.59. The number of amides is 3. The molecule has 1 saturated heterocycles. The van der Waals surface area contributed by atoms with Gasteiger partial charge in [-0.1, -0.05) is 45.1 Å². The molecule has 2 heterocycles. The maximum absolute atomic E-state index is 14.2. The molecule has 5 rings (SSSR count). The molecule has 0 spiro atoms. The molecule has 3 aliphatic rings. The number of aliphatic hydroxyl groups is 3. The molecule has 396 valence electrons. The largest absolute Gasteiger partial charge is 0.507 e. The van der Waals surface area contributed by atoms with Gasteiger partial charge in [0, 0.05) is 81.3 Å². The zero-order valence-corrected chi connectivity index (χ0v) is 42.7. The van der Waals surface area contributed by atoms with Crippen LogP contribution in [0.1, 0.15) is 51.7 Å². The van der Waals surface area contributed by atoms with Gasteiger partial charge in [0.2, 0.25) is 23.2 Å². The number of rotatable bonds is 14. The number of nitrogens with two attached hydrogens (primary N) is 1. The minimum Gasteiger partial charge on any atom is -0.507 e. The lowest BCUT2D eigenvalue weighted by Gasteiger charge is -2.34. The zero-order valence-electron chi connectivity index (χ0n) is 42.7. The van der Waals surface area contributed by atoms with Gasteiger partial charge in [0.25, 0.3) is 0 Å². The topological polar surface area (TPSA) is 291 Å². The fraction of sp³-hybridized carbons (Fsp3) is 0.462. The third-order valence-corrected chi connectivity index (χ3v) is 12.9. The van der Waals surface area contributed by atoms with Crippen LogP contribution in [-0.4, -0.2) is 160 Å². The quantitative estimate of drug-likeness (QED) is 0.0456. The maximum Gasteiger partial charge on any atom is 0.415 e. The third kappa shape index (κ3) is 14.1. The second-order valence-corrected chi connectivity index (χ2v) is 18.0. The lowest BCUT2D eigenvalue weighted by molar-refractivity contribution is -0.124. The molecule has 2 aliphatic heterocycles. The van der Waals surface area contributed by atoms with Crippen molar-refractivity contribution in [3.63, 3.8) is 0 Å². The molecule has 1 fully saturated rings. The molecule has 21 heteroatoms. The Hall–Kier alpha value is -7.20. The van der Waals surface area contributed by atoms with E-state index >= 15 is 0 Å². The Morgan fingerprint density at radius 3 is 2.12 bits per heavy atom. The molecular weight excluding hydrogens is 949 g/mol. The molecule has 2 aromatic rings. The van der Waals surface area contributed by atoms with Gasteiger partial charge in [-0.05, 0) is 61.1 Å². The average Bonchev–Trinajstić information content (AvgIpc) is 3.37. The van der Waals surface area contributed by atoms with Crippen molar-refractivity contribution in [2.75, 3.05) is 74.8 Å². The smallest absolute Gasteiger partial charge is 0.415 e. The molecule has 0 saturated carbocycles. The van der Waals surface area contributed by atoms with Crippen molar-refractivity contribution in [2.24, 2.45) is 23.5 Å². The third-order valence-electron chi connectivity index (χ3n) is 12.9. The van der Waals surface area contributed by atoms with Gasteiger partial charge in [0.1, 0.15) is 11.9 Å². The van der Waals surface area contributed by atoms with E-state index in [0.29, 0.717) is 48.0 Å². The Bertz CT molecular complexity index is 2520. The van der Waals surface area contributed by atoms with Crippen LogP contribution in [0.3, 0.4) is 0 Å². The number of ether oxygens (including phenoxy) is 7. The molecule has 2 aromatic carbocycles. The second-order valence-electron chi connectivity index (χ2n) is 18.0. The summed E-state index contributed by atoms with van der Waals surface area (Å²) in [5, 5.41) is 47.8. The van der Waals surface area contributed by atoms with Gasteiger partial charge in [0.15, 0.2) is 29.1 Å². The predicted molar refractivity (Wildman–Crippen MR) is 270 cm³/mol. The van der Waals surface area contributed by atoms with Gasteiger partial charge >= 0.3 is 12.2 Å². The van der Waals surface area contributed by atoms with E-state index < -0.39 is 65.9 Å². The Morgan fingerprint density at radius 1 is 0.890 bits per heavy atom. The highest BCUT2D eigenvalue weighted by molar-refractivity contribution is 6.23. The molecule has 2 bridgehead atoms. The minimum absolute atomic E-state index is 0.0596. The lowest BCUT2D eigenvalue weighted by Crippen LogP contribution is -2.51. The normalized spacial score (nSPS) is 25.1. The number of ketones is 2. The Labute approximate surface area is 424 Å². The summed E-state index contributed by atoms with van der Waals surface area (Å²) in [7, 11) is 7.21. The van der Waals surface area contributed by atoms with E-state index in [1.165, 1.54) is 77.7 Å². The number of piperazine rings is 1. The predicted octanol–water partition coefficient (Wildman–Crippen LogP) is 4.31. The molecule has 1 aliphatic carbocycles. The highest BCUT2D eigenvalue weighted by Gasteiger charge is 2.34. The molecule has 0 aromatic heterocycles. The summed E-state index contributed by atoms with van der Waals surface area (Å²) in [5.41, 5.74) is 6.46. The highest BCUT2D eigenvalue weighted by Crippen LogP contribution is 2.41. The number of carbonyl (C=O) groups is 5. The number of fused-ring (bicyclic) bond motifs is 2. The summed E-state index contributed by atoms with van der Waals surface area (Å²) in [6.45, 7) is 8.87. The Balaban J connectivity index is 1.28. The number of methoxy groups -OCH3 is 5. The van der Waals surface area contributed by atoms with Crippen molar-refractivity contribution in [3.8, 4) is 28.7 Å². The second kappa shape index (κ2) is 26.0. The van der Waals surface area contributed by atoms with Crippen molar-refractivity contribution in [2.45, 2.75) is 65.0 Å². The lowest BCUT2D eigenvalue weighted by atomic mass is 9.85. The van der Waals surface area contributed by atoms with Gasteiger partial charge < -0.3 is 75.2 Å². The molecule has 0 radical (unpaired) electrons. The fourth-order valence-electron chi connectivity index (χ4n) is 8.84. The van der Waals surface area contributed by atoms with Crippen LogP contribution in [0.15, 0.2) is 77.2 Å². The monoisotopic (exact) mass is 1020 g/mol. The molecule has 5 unspecified atom stereocenters. The van der Waals surface area contributed by atoms with Crippen LogP contribution < -0.4 is 40.1 Å². The van der Waals surface area contributed by atoms with Gasteiger partial charge in [-0.15, -0.1) is 0 Å². The van der Waals surface area contributed by atoms with E-state index in [-0.39, 0.29) is 83.8 Å². The zero-order chi connectivity index (χ0) is 53.7. The number of Topliss-reactive ketones (excluding diaryl/α,β-unsaturated/α-hetero) is 1. The molecule has 21 nitrogen and oxygen atoms in total. The molecule has 7 atom stereocenters. The maximum atomic E-state index is 14.2. The number of primary amides is 1. The van der Waals surface area contributed by atoms with E-state index in [1.54, 1.807) is 32.1 Å². The van der Waals surface area contributed by atoms with Gasteiger partial charge in [-0.3, -0.25) is 19.3 Å².